The highest BCUT2D eigenvalue weighted by Crippen LogP contribution is 2.17. The highest BCUT2D eigenvalue weighted by atomic mass is 32.1. The molecule has 5 heteroatoms. The summed E-state index contributed by atoms with van der Waals surface area (Å²) in [5.41, 5.74) is 2.32. The minimum Gasteiger partial charge on any atom is -0.372 e. The van der Waals surface area contributed by atoms with Crippen LogP contribution in [-0.4, -0.2) is 41.2 Å². The van der Waals surface area contributed by atoms with Crippen molar-refractivity contribution in [3.05, 3.63) is 35.9 Å². The second kappa shape index (κ2) is 6.42. The molecule has 1 aromatic carbocycles. The summed E-state index contributed by atoms with van der Waals surface area (Å²) < 4.78 is 12.0. The summed E-state index contributed by atoms with van der Waals surface area (Å²) in [6.45, 7) is 1.34. The molecule has 0 bridgehead atoms. The highest BCUT2D eigenvalue weighted by Gasteiger charge is 2.52. The van der Waals surface area contributed by atoms with Gasteiger partial charge in [0.05, 0.1) is 0 Å². The Morgan fingerprint density at radius 2 is 2.10 bits per heavy atom. The number of benzene rings is 1. The molecule has 2 unspecified atom stereocenters. The van der Waals surface area contributed by atoms with Crippen LogP contribution in [0.25, 0.3) is 0 Å². The lowest BCUT2D eigenvalue weighted by Gasteiger charge is -2.26. The van der Waals surface area contributed by atoms with Gasteiger partial charge in [0, 0.05) is 19.6 Å². The molecule has 0 saturated carbocycles. The van der Waals surface area contributed by atoms with Gasteiger partial charge in [-0.1, -0.05) is 24.1 Å². The van der Waals surface area contributed by atoms with Crippen molar-refractivity contribution in [2.24, 2.45) is 0 Å². The van der Waals surface area contributed by atoms with E-state index in [1.807, 2.05) is 30.3 Å². The molecule has 20 heavy (non-hydrogen) atoms. The molecule has 0 N–H and O–H groups in total. The van der Waals surface area contributed by atoms with Crippen LogP contribution in [0.5, 0.6) is 0 Å². The summed E-state index contributed by atoms with van der Waals surface area (Å²) in [5, 5.41) is 0. The van der Waals surface area contributed by atoms with Crippen LogP contribution in [0.3, 0.4) is 0 Å². The number of methoxy groups -OCH3 is 1. The Labute approximate surface area is 123 Å². The zero-order valence-corrected chi connectivity index (χ0v) is 12.0. The van der Waals surface area contributed by atoms with E-state index in [4.69, 9.17) is 21.7 Å². The van der Waals surface area contributed by atoms with Crippen LogP contribution in [0.15, 0.2) is 30.3 Å². The fraction of sp³-hybridized carbons (Fsp3) is 0.267. The minimum absolute atomic E-state index is 0.243. The SMILES string of the molecule is COC1C(OC(C)=O)=[N+](C=S)C1C#Cc1ccccc1. The van der Waals surface area contributed by atoms with Crippen LogP contribution in [0.1, 0.15) is 12.5 Å². The Hall–Kier alpha value is -2.03. The van der Waals surface area contributed by atoms with Crippen molar-refractivity contribution < 1.29 is 18.8 Å². The van der Waals surface area contributed by atoms with E-state index < -0.39 is 5.97 Å². The van der Waals surface area contributed by atoms with Crippen LogP contribution in [0.4, 0.5) is 0 Å². The van der Waals surface area contributed by atoms with Gasteiger partial charge < -0.3 is 9.47 Å². The molecule has 0 aliphatic carbocycles. The average Bonchev–Trinajstić information content (AvgIpc) is 2.43. The van der Waals surface area contributed by atoms with Crippen molar-refractivity contribution in [1.82, 2.24) is 0 Å². The van der Waals surface area contributed by atoms with E-state index in [9.17, 15) is 4.79 Å². The predicted octanol–water partition coefficient (Wildman–Crippen LogP) is 1.37. The van der Waals surface area contributed by atoms with Crippen LogP contribution < -0.4 is 0 Å². The third kappa shape index (κ3) is 2.93. The lowest BCUT2D eigenvalue weighted by Crippen LogP contribution is -2.58. The molecule has 4 nitrogen and oxygen atoms in total. The van der Waals surface area contributed by atoms with E-state index in [1.54, 1.807) is 11.7 Å². The molecular weight excluding hydrogens is 274 g/mol. The zero-order chi connectivity index (χ0) is 14.5. The molecular formula is C15H14NO3S+. The maximum absolute atomic E-state index is 11.0. The highest BCUT2D eigenvalue weighted by molar-refractivity contribution is 7.78. The maximum Gasteiger partial charge on any atom is 0.389 e. The Bertz CT molecular complexity index is 613. The third-order valence-corrected chi connectivity index (χ3v) is 3.07. The summed E-state index contributed by atoms with van der Waals surface area (Å²) in [7, 11) is 1.55. The molecule has 1 aliphatic heterocycles. The monoisotopic (exact) mass is 288 g/mol. The summed E-state index contributed by atoms with van der Waals surface area (Å²) in [5.74, 6) is 6.13. The summed E-state index contributed by atoms with van der Waals surface area (Å²) >= 11 is 4.93. The van der Waals surface area contributed by atoms with E-state index in [0.717, 1.165) is 5.56 Å². The Kier molecular flexibility index (Phi) is 4.61. The molecule has 0 saturated heterocycles. The van der Waals surface area contributed by atoms with E-state index in [2.05, 4.69) is 11.8 Å². The van der Waals surface area contributed by atoms with Crippen LogP contribution in [0, 0.1) is 11.8 Å². The van der Waals surface area contributed by atoms with E-state index in [1.165, 1.54) is 12.4 Å². The third-order valence-electron chi connectivity index (χ3n) is 2.84. The molecule has 1 aromatic rings. The number of nitrogens with zero attached hydrogens (tertiary/aromatic N) is 1. The molecule has 0 amide bonds. The quantitative estimate of drug-likeness (QED) is 0.356. The zero-order valence-electron chi connectivity index (χ0n) is 11.2. The van der Waals surface area contributed by atoms with Gasteiger partial charge in [-0.05, 0) is 30.3 Å². The topological polar surface area (TPSA) is 38.5 Å². The molecule has 2 atom stereocenters. The Balaban J connectivity index is 2.24. The van der Waals surface area contributed by atoms with Gasteiger partial charge in [0.1, 0.15) is 0 Å². The number of hydrogen-bond donors (Lipinski definition) is 0. The van der Waals surface area contributed by atoms with E-state index in [0.29, 0.717) is 5.90 Å². The van der Waals surface area contributed by atoms with Crippen molar-refractivity contribution in [2.75, 3.05) is 7.11 Å². The second-order valence-corrected chi connectivity index (χ2v) is 4.39. The van der Waals surface area contributed by atoms with Gasteiger partial charge in [0.25, 0.3) is 12.1 Å². The van der Waals surface area contributed by atoms with Crippen LogP contribution >= 0.6 is 12.2 Å². The largest absolute Gasteiger partial charge is 0.389 e. The van der Waals surface area contributed by atoms with Crippen LogP contribution in [-0.2, 0) is 14.3 Å². The molecule has 1 aliphatic rings. The van der Waals surface area contributed by atoms with Gasteiger partial charge in [-0.25, -0.2) is 0 Å². The second-order valence-electron chi connectivity index (χ2n) is 4.18. The Morgan fingerprint density at radius 3 is 2.65 bits per heavy atom. The van der Waals surface area contributed by atoms with Gasteiger partial charge in [0.15, 0.2) is 0 Å². The normalized spacial score (nSPS) is 20.5. The standard InChI is InChI=1S/C15H14NO3S/c1-11(17)19-15-14(18-2)13(16(15)10-20)9-8-12-6-4-3-5-7-12/h3-7,10,13-14H,1-2H3/q+1. The number of rotatable bonds is 2. The molecule has 0 aromatic heterocycles. The maximum atomic E-state index is 11.0. The lowest BCUT2D eigenvalue weighted by atomic mass is 10.0. The summed E-state index contributed by atoms with van der Waals surface area (Å²) in [6, 6.07) is 9.38. The minimum atomic E-state index is -0.404. The van der Waals surface area contributed by atoms with E-state index >= 15 is 0 Å². The molecule has 0 spiro atoms. The van der Waals surface area contributed by atoms with Gasteiger partial charge in [0.2, 0.25) is 5.49 Å². The lowest BCUT2D eigenvalue weighted by molar-refractivity contribution is -0.487. The fourth-order valence-electron chi connectivity index (χ4n) is 1.91. The van der Waals surface area contributed by atoms with Gasteiger partial charge in [-0.15, -0.1) is 4.58 Å². The van der Waals surface area contributed by atoms with Crippen molar-refractivity contribution in [3.63, 3.8) is 0 Å². The molecule has 0 fully saturated rings. The number of ether oxygens (including phenoxy) is 2. The number of esters is 1. The number of hydrogen-bond acceptors (Lipinski definition) is 4. The first-order valence-corrected chi connectivity index (χ1v) is 6.52. The number of thiocarbonyl (C=S) groups is 1. The smallest absolute Gasteiger partial charge is 0.372 e. The number of carbonyl (C=O) groups excluding carboxylic acids is 1. The molecule has 102 valence electrons. The van der Waals surface area contributed by atoms with Crippen molar-refractivity contribution in [2.45, 2.75) is 19.1 Å². The van der Waals surface area contributed by atoms with Gasteiger partial charge >= 0.3 is 11.9 Å². The molecule has 2 rings (SSSR count). The average molecular weight is 288 g/mol. The van der Waals surface area contributed by atoms with Crippen LogP contribution in [0.2, 0.25) is 0 Å². The molecule has 0 radical (unpaired) electrons. The first kappa shape index (κ1) is 14.4. The first-order chi connectivity index (χ1) is 9.67. The predicted molar refractivity (Wildman–Crippen MR) is 78.6 cm³/mol. The van der Waals surface area contributed by atoms with Gasteiger partial charge in [-0.2, -0.15) is 0 Å². The van der Waals surface area contributed by atoms with Crippen molar-refractivity contribution in [3.8, 4) is 11.8 Å². The van der Waals surface area contributed by atoms with Gasteiger partial charge in [-0.3, -0.25) is 4.79 Å². The number of carbonyl (C=O) groups is 1. The van der Waals surface area contributed by atoms with Crippen molar-refractivity contribution in [1.29, 1.82) is 0 Å². The fourth-order valence-corrected chi connectivity index (χ4v) is 2.15. The summed E-state index contributed by atoms with van der Waals surface area (Å²) in [4.78, 5) is 11.0. The summed E-state index contributed by atoms with van der Waals surface area (Å²) in [6.07, 6.45) is -0.380. The Morgan fingerprint density at radius 1 is 1.40 bits per heavy atom. The first-order valence-electron chi connectivity index (χ1n) is 6.05. The van der Waals surface area contributed by atoms with Crippen molar-refractivity contribution >= 4 is 29.6 Å². The van der Waals surface area contributed by atoms with E-state index in [-0.39, 0.29) is 12.1 Å². The molecule has 1 heterocycles.